The molecule has 0 spiro atoms. The molecule has 30 heavy (non-hydrogen) atoms. The zero-order chi connectivity index (χ0) is 22.0. The first-order valence-corrected chi connectivity index (χ1v) is 10.1. The van der Waals surface area contributed by atoms with Crippen LogP contribution in [0.4, 0.5) is 4.39 Å². The number of fused-ring (bicyclic) bond motifs is 1. The number of aromatic amines is 2. The van der Waals surface area contributed by atoms with Gasteiger partial charge in [-0.3, -0.25) is 9.78 Å². The number of nitrogens with one attached hydrogen (secondary N) is 2. The van der Waals surface area contributed by atoms with Crippen molar-refractivity contribution in [3.05, 3.63) is 51.3 Å². The first kappa shape index (κ1) is 22.0. The van der Waals surface area contributed by atoms with Gasteiger partial charge >= 0.3 is 11.7 Å². The van der Waals surface area contributed by atoms with E-state index in [0.717, 1.165) is 0 Å². The van der Waals surface area contributed by atoms with Crippen molar-refractivity contribution in [2.75, 3.05) is 6.61 Å². The summed E-state index contributed by atoms with van der Waals surface area (Å²) in [5.74, 6) is -1.24. The summed E-state index contributed by atoms with van der Waals surface area (Å²) >= 11 is 6.72. The van der Waals surface area contributed by atoms with Gasteiger partial charge in [-0.05, 0) is 30.0 Å². The Kier molecular flexibility index (Phi) is 6.58. The zero-order valence-electron chi connectivity index (χ0n) is 17.0. The van der Waals surface area contributed by atoms with Crippen molar-refractivity contribution in [1.82, 2.24) is 15.0 Å². The van der Waals surface area contributed by atoms with Gasteiger partial charge in [-0.1, -0.05) is 44.5 Å². The lowest BCUT2D eigenvalue weighted by molar-refractivity contribution is -0.146. The molecular formula is C21H24ClFN4O3. The molecule has 9 heteroatoms. The number of carbonyl (C=O) groups is 1. The number of halogens is 2. The smallest absolute Gasteiger partial charge is 0.325 e. The van der Waals surface area contributed by atoms with E-state index in [1.54, 1.807) is 12.1 Å². The van der Waals surface area contributed by atoms with Crippen molar-refractivity contribution in [2.24, 2.45) is 11.7 Å². The SMILES string of the molecule is CC[C@H](COC(=O)[C@@H](N)C(C)C)c1nc2[nH]c(=O)[nH]c2c(-c2ccc(F)cc2)c1Cl. The second-order valence-electron chi connectivity index (χ2n) is 7.50. The minimum absolute atomic E-state index is 0.0471. The molecule has 2 heterocycles. The minimum Gasteiger partial charge on any atom is -0.464 e. The third kappa shape index (κ3) is 4.39. The molecule has 0 radical (unpaired) electrons. The van der Waals surface area contributed by atoms with E-state index in [2.05, 4.69) is 15.0 Å². The molecule has 0 amide bonds. The van der Waals surface area contributed by atoms with Crippen LogP contribution in [0.2, 0.25) is 5.02 Å². The van der Waals surface area contributed by atoms with Gasteiger partial charge in [0.1, 0.15) is 11.9 Å². The quantitative estimate of drug-likeness (QED) is 0.490. The summed E-state index contributed by atoms with van der Waals surface area (Å²) in [6, 6.07) is 5.06. The number of esters is 1. The van der Waals surface area contributed by atoms with E-state index in [4.69, 9.17) is 22.1 Å². The van der Waals surface area contributed by atoms with E-state index in [0.29, 0.717) is 39.4 Å². The van der Waals surface area contributed by atoms with Crippen LogP contribution in [0.1, 0.15) is 38.8 Å². The van der Waals surface area contributed by atoms with Crippen LogP contribution in [-0.4, -0.2) is 33.6 Å². The Bertz CT molecular complexity index is 1110. The molecule has 0 saturated carbocycles. The molecule has 0 bridgehead atoms. The lowest BCUT2D eigenvalue weighted by atomic mass is 9.97. The highest BCUT2D eigenvalue weighted by Crippen LogP contribution is 2.38. The molecule has 3 aromatic rings. The van der Waals surface area contributed by atoms with Crippen LogP contribution in [-0.2, 0) is 9.53 Å². The molecule has 0 aliphatic carbocycles. The van der Waals surface area contributed by atoms with Crippen LogP contribution in [0.5, 0.6) is 0 Å². The van der Waals surface area contributed by atoms with Gasteiger partial charge in [0, 0.05) is 11.5 Å². The van der Waals surface area contributed by atoms with Gasteiger partial charge in [0.2, 0.25) is 0 Å². The second kappa shape index (κ2) is 8.97. The molecule has 0 saturated heterocycles. The van der Waals surface area contributed by atoms with Gasteiger partial charge in [0.25, 0.3) is 0 Å². The fourth-order valence-corrected chi connectivity index (χ4v) is 3.55. The van der Waals surface area contributed by atoms with E-state index in [9.17, 15) is 14.0 Å². The maximum absolute atomic E-state index is 13.4. The summed E-state index contributed by atoms with van der Waals surface area (Å²) in [5.41, 5.74) is 7.80. The van der Waals surface area contributed by atoms with Crippen molar-refractivity contribution in [2.45, 2.75) is 39.2 Å². The Balaban J connectivity index is 2.04. The topological polar surface area (TPSA) is 114 Å². The van der Waals surface area contributed by atoms with Gasteiger partial charge < -0.3 is 15.5 Å². The van der Waals surface area contributed by atoms with Crippen LogP contribution >= 0.6 is 11.6 Å². The molecule has 1 aromatic carbocycles. The van der Waals surface area contributed by atoms with Crippen molar-refractivity contribution < 1.29 is 13.9 Å². The summed E-state index contributed by atoms with van der Waals surface area (Å²) < 4.78 is 18.8. The highest BCUT2D eigenvalue weighted by molar-refractivity contribution is 6.35. The molecule has 0 aliphatic rings. The van der Waals surface area contributed by atoms with Gasteiger partial charge in [-0.15, -0.1) is 0 Å². The number of H-pyrrole nitrogens is 2. The second-order valence-corrected chi connectivity index (χ2v) is 7.88. The predicted octanol–water partition coefficient (Wildman–Crippen LogP) is 3.73. The van der Waals surface area contributed by atoms with Gasteiger partial charge in [0.15, 0.2) is 5.65 Å². The van der Waals surface area contributed by atoms with Crippen LogP contribution in [0.3, 0.4) is 0 Å². The number of hydrogen-bond acceptors (Lipinski definition) is 5. The van der Waals surface area contributed by atoms with E-state index in [1.165, 1.54) is 12.1 Å². The number of aromatic nitrogens is 3. The lowest BCUT2D eigenvalue weighted by Gasteiger charge is -2.20. The first-order valence-electron chi connectivity index (χ1n) is 9.72. The molecule has 0 fully saturated rings. The molecule has 4 N–H and O–H groups in total. The molecular weight excluding hydrogens is 411 g/mol. The average Bonchev–Trinajstić information content (AvgIpc) is 3.08. The van der Waals surface area contributed by atoms with Gasteiger partial charge in [0.05, 0.1) is 22.8 Å². The summed E-state index contributed by atoms with van der Waals surface area (Å²) in [6.45, 7) is 5.64. The van der Waals surface area contributed by atoms with E-state index in [-0.39, 0.29) is 24.3 Å². The maximum atomic E-state index is 13.4. The summed E-state index contributed by atoms with van der Waals surface area (Å²) in [6.07, 6.45) is 0.583. The van der Waals surface area contributed by atoms with E-state index < -0.39 is 17.7 Å². The van der Waals surface area contributed by atoms with Crippen molar-refractivity contribution in [3.8, 4) is 11.1 Å². The lowest BCUT2D eigenvalue weighted by Crippen LogP contribution is -2.37. The summed E-state index contributed by atoms with van der Waals surface area (Å²) in [7, 11) is 0. The number of nitrogens with zero attached hydrogens (tertiary/aromatic N) is 1. The summed E-state index contributed by atoms with van der Waals surface area (Å²) in [5, 5.41) is 0.306. The van der Waals surface area contributed by atoms with Crippen LogP contribution in [0.25, 0.3) is 22.3 Å². The van der Waals surface area contributed by atoms with Crippen LogP contribution in [0, 0.1) is 11.7 Å². The third-order valence-electron chi connectivity index (χ3n) is 5.06. The van der Waals surface area contributed by atoms with Gasteiger partial charge in [-0.25, -0.2) is 14.2 Å². The van der Waals surface area contributed by atoms with E-state index in [1.807, 2.05) is 20.8 Å². The predicted molar refractivity (Wildman–Crippen MR) is 114 cm³/mol. The third-order valence-corrected chi connectivity index (χ3v) is 5.45. The molecule has 3 rings (SSSR count). The minimum atomic E-state index is -0.718. The number of rotatable bonds is 7. The average molecular weight is 435 g/mol. The normalized spacial score (nSPS) is 13.6. The first-order chi connectivity index (χ1) is 14.2. The molecule has 0 aliphatic heterocycles. The number of carbonyl (C=O) groups excluding carboxylic acids is 1. The summed E-state index contributed by atoms with van der Waals surface area (Å²) in [4.78, 5) is 33.9. The Morgan fingerprint density at radius 1 is 1.27 bits per heavy atom. The molecule has 2 atom stereocenters. The van der Waals surface area contributed by atoms with Crippen molar-refractivity contribution in [3.63, 3.8) is 0 Å². The van der Waals surface area contributed by atoms with Crippen molar-refractivity contribution in [1.29, 1.82) is 0 Å². The fraction of sp³-hybridized carbons (Fsp3) is 0.381. The fourth-order valence-electron chi connectivity index (χ4n) is 3.15. The Hall–Kier alpha value is -2.71. The standard InChI is InChI=1S/C21H24ClFN4O3/c1-4-11(9-30-20(28)16(24)10(2)3)17-15(22)14(12-5-7-13(23)8-6-12)18-19(25-17)27-21(29)26-18/h5-8,10-11,16H,4,9,24H2,1-3H3,(H2,25,26,27,29)/t11-,16+/m1/s1. The number of hydrogen-bond donors (Lipinski definition) is 3. The van der Waals surface area contributed by atoms with Crippen molar-refractivity contribution >= 4 is 28.7 Å². The zero-order valence-corrected chi connectivity index (χ0v) is 17.7. The molecule has 0 unspecified atom stereocenters. The van der Waals surface area contributed by atoms with Crippen LogP contribution < -0.4 is 11.4 Å². The number of nitrogens with two attached hydrogens (primary N) is 1. The molecule has 7 nitrogen and oxygen atoms in total. The maximum Gasteiger partial charge on any atom is 0.325 e. The monoisotopic (exact) mass is 434 g/mol. The number of pyridine rings is 1. The highest BCUT2D eigenvalue weighted by atomic mass is 35.5. The Morgan fingerprint density at radius 2 is 1.93 bits per heavy atom. The van der Waals surface area contributed by atoms with Gasteiger partial charge in [-0.2, -0.15) is 0 Å². The Morgan fingerprint density at radius 3 is 2.53 bits per heavy atom. The molecule has 160 valence electrons. The molecule has 2 aromatic heterocycles. The highest BCUT2D eigenvalue weighted by Gasteiger charge is 2.25. The Labute approximate surface area is 177 Å². The van der Waals surface area contributed by atoms with E-state index >= 15 is 0 Å². The number of imidazole rings is 1. The van der Waals surface area contributed by atoms with Crippen LogP contribution in [0.15, 0.2) is 29.1 Å². The number of benzene rings is 1. The number of ether oxygens (including phenoxy) is 1. The largest absolute Gasteiger partial charge is 0.464 e.